The fourth-order valence-electron chi connectivity index (χ4n) is 3.05. The minimum atomic E-state index is -0.150. The number of rotatable bonds is 5. The topological polar surface area (TPSA) is 36.4 Å². The van der Waals surface area contributed by atoms with E-state index in [1.807, 2.05) is 30.3 Å². The third-order valence-electron chi connectivity index (χ3n) is 4.44. The van der Waals surface area contributed by atoms with E-state index in [0.29, 0.717) is 0 Å². The van der Waals surface area contributed by atoms with Gasteiger partial charge in [-0.25, -0.2) is 0 Å². The lowest BCUT2D eigenvalue weighted by Gasteiger charge is -2.45. The number of aliphatic imine (C=N–C) groups is 1. The van der Waals surface area contributed by atoms with E-state index in [9.17, 15) is 0 Å². The van der Waals surface area contributed by atoms with Gasteiger partial charge >= 0.3 is 0 Å². The lowest BCUT2D eigenvalue weighted by Crippen LogP contribution is -2.61. The van der Waals surface area contributed by atoms with Crippen LogP contribution in [0.25, 0.3) is 6.08 Å². The van der Waals surface area contributed by atoms with Crippen LogP contribution >= 0.6 is 11.6 Å². The molecular weight excluding hydrogens is 306 g/mol. The zero-order chi connectivity index (χ0) is 16.4. The molecule has 3 rings (SSSR count). The van der Waals surface area contributed by atoms with Crippen molar-refractivity contribution >= 4 is 35.8 Å². The highest BCUT2D eigenvalue weighted by Crippen LogP contribution is 2.36. The summed E-state index contributed by atoms with van der Waals surface area (Å²) in [7, 11) is 0. The van der Waals surface area contributed by atoms with Crippen molar-refractivity contribution in [2.24, 2.45) is 4.99 Å². The van der Waals surface area contributed by atoms with Crippen LogP contribution in [0, 0.1) is 6.92 Å². The van der Waals surface area contributed by atoms with Crippen molar-refractivity contribution in [1.82, 2.24) is 5.32 Å². The lowest BCUT2D eigenvalue weighted by atomic mass is 9.81. The first-order chi connectivity index (χ1) is 11.1. The molecule has 0 unspecified atom stereocenters. The third-order valence-corrected chi connectivity index (χ3v) is 4.85. The number of hydrogen-bond donors (Lipinski definition) is 2. The molecule has 2 aromatic carbocycles. The Kier molecular flexibility index (Phi) is 4.24. The van der Waals surface area contributed by atoms with E-state index in [-0.39, 0.29) is 5.54 Å². The lowest BCUT2D eigenvalue weighted by molar-refractivity contribution is 0.316. The summed E-state index contributed by atoms with van der Waals surface area (Å²) >= 11 is 6.31. The summed E-state index contributed by atoms with van der Waals surface area (Å²) in [4.78, 5) is 4.08. The molecule has 1 aliphatic heterocycles. The quantitative estimate of drug-likeness (QED) is 0.792. The molecule has 2 aromatic rings. The predicted molar refractivity (Wildman–Crippen MR) is 100 cm³/mol. The zero-order valence-electron chi connectivity index (χ0n) is 13.2. The molecule has 0 saturated carbocycles. The highest BCUT2D eigenvalue weighted by atomic mass is 35.5. The first-order valence-electron chi connectivity index (χ1n) is 7.57. The van der Waals surface area contributed by atoms with Gasteiger partial charge in [0.05, 0.1) is 11.2 Å². The number of halogens is 1. The van der Waals surface area contributed by atoms with Crippen molar-refractivity contribution < 1.29 is 0 Å². The van der Waals surface area contributed by atoms with Crippen molar-refractivity contribution in [3.8, 4) is 0 Å². The summed E-state index contributed by atoms with van der Waals surface area (Å²) in [6.07, 6.45) is 1.79. The zero-order valence-corrected chi connectivity index (χ0v) is 14.0. The van der Waals surface area contributed by atoms with Crippen molar-refractivity contribution in [2.45, 2.75) is 12.5 Å². The number of nitrogens with zero attached hydrogens (tertiary/aromatic N) is 1. The van der Waals surface area contributed by atoms with Gasteiger partial charge in [-0.3, -0.25) is 4.99 Å². The molecule has 0 bridgehead atoms. The van der Waals surface area contributed by atoms with Crippen LogP contribution in [0.3, 0.4) is 0 Å². The second-order valence-electron chi connectivity index (χ2n) is 5.86. The Bertz CT molecular complexity index is 763. The molecule has 1 aliphatic rings. The van der Waals surface area contributed by atoms with Crippen molar-refractivity contribution in [2.75, 3.05) is 18.4 Å². The Morgan fingerprint density at radius 1 is 1.30 bits per heavy atom. The maximum absolute atomic E-state index is 6.31. The molecule has 2 N–H and O–H groups in total. The molecule has 3 nitrogen and oxygen atoms in total. The summed E-state index contributed by atoms with van der Waals surface area (Å²) in [6, 6.07) is 12.1. The van der Waals surface area contributed by atoms with Crippen LogP contribution in [0.15, 0.2) is 48.0 Å². The minimum absolute atomic E-state index is 0.150. The maximum Gasteiger partial charge on any atom is 0.0877 e. The van der Waals surface area contributed by atoms with Gasteiger partial charge in [-0.05, 0) is 48.5 Å². The van der Waals surface area contributed by atoms with E-state index in [4.69, 9.17) is 11.6 Å². The fourth-order valence-corrected chi connectivity index (χ4v) is 3.23. The van der Waals surface area contributed by atoms with Crippen LogP contribution in [-0.4, -0.2) is 19.8 Å². The largest absolute Gasteiger partial charge is 0.373 e. The molecular formula is C19H20ClN3. The molecule has 0 atom stereocenters. The average Bonchev–Trinajstić information content (AvgIpc) is 2.53. The number of anilines is 1. The standard InChI is InChI=1S/C19H20ClN3/c1-4-14-8-9-15(10-18(14)21-3)23-19(11-22-12-19)16-6-5-7-17(20)13(16)2/h4-10,22-23H,1,3,11-12H2,2H3. The Labute approximate surface area is 142 Å². The second-order valence-corrected chi connectivity index (χ2v) is 6.27. The normalized spacial score (nSPS) is 15.6. The summed E-state index contributed by atoms with van der Waals surface area (Å²) in [6.45, 7) is 11.2. The van der Waals surface area contributed by atoms with E-state index in [1.165, 1.54) is 5.56 Å². The molecule has 0 aliphatic carbocycles. The van der Waals surface area contributed by atoms with E-state index in [0.717, 1.165) is 40.6 Å². The Hall–Kier alpha value is -2.10. The van der Waals surface area contributed by atoms with Gasteiger partial charge in [0.1, 0.15) is 0 Å². The first kappa shape index (κ1) is 15.8. The molecule has 1 saturated heterocycles. The summed E-state index contributed by atoms with van der Waals surface area (Å²) < 4.78 is 0. The minimum Gasteiger partial charge on any atom is -0.373 e. The van der Waals surface area contributed by atoms with Gasteiger partial charge in [-0.1, -0.05) is 42.5 Å². The highest BCUT2D eigenvalue weighted by Gasteiger charge is 2.40. The van der Waals surface area contributed by atoms with Crippen LogP contribution in [0.1, 0.15) is 16.7 Å². The van der Waals surface area contributed by atoms with E-state index in [1.54, 1.807) is 6.08 Å². The highest BCUT2D eigenvalue weighted by molar-refractivity contribution is 6.31. The Balaban J connectivity index is 1.98. The van der Waals surface area contributed by atoms with Gasteiger partial charge in [0.15, 0.2) is 0 Å². The molecule has 118 valence electrons. The first-order valence-corrected chi connectivity index (χ1v) is 7.95. The Morgan fingerprint density at radius 2 is 2.09 bits per heavy atom. The number of hydrogen-bond acceptors (Lipinski definition) is 3. The molecule has 0 radical (unpaired) electrons. The van der Waals surface area contributed by atoms with Gasteiger partial charge in [0.2, 0.25) is 0 Å². The summed E-state index contributed by atoms with van der Waals surface area (Å²) in [5.74, 6) is 0. The molecule has 0 spiro atoms. The second kappa shape index (κ2) is 6.19. The van der Waals surface area contributed by atoms with Gasteiger partial charge in [0, 0.05) is 23.8 Å². The number of benzene rings is 2. The van der Waals surface area contributed by atoms with E-state index in [2.05, 4.69) is 41.9 Å². The molecule has 23 heavy (non-hydrogen) atoms. The van der Waals surface area contributed by atoms with Crippen LogP contribution in [0.5, 0.6) is 0 Å². The van der Waals surface area contributed by atoms with Crippen molar-refractivity contribution in [1.29, 1.82) is 0 Å². The van der Waals surface area contributed by atoms with E-state index < -0.39 is 0 Å². The molecule has 1 heterocycles. The summed E-state index contributed by atoms with van der Waals surface area (Å²) in [5, 5.41) is 7.82. The van der Waals surface area contributed by atoms with E-state index >= 15 is 0 Å². The van der Waals surface area contributed by atoms with Gasteiger partial charge in [0.25, 0.3) is 0 Å². The summed E-state index contributed by atoms with van der Waals surface area (Å²) in [5.41, 5.74) is 5.01. The monoisotopic (exact) mass is 325 g/mol. The fraction of sp³-hybridized carbons (Fsp3) is 0.211. The van der Waals surface area contributed by atoms with Crippen LogP contribution < -0.4 is 10.6 Å². The van der Waals surface area contributed by atoms with Crippen LogP contribution in [0.2, 0.25) is 5.02 Å². The van der Waals surface area contributed by atoms with Gasteiger partial charge < -0.3 is 10.6 Å². The van der Waals surface area contributed by atoms with Crippen LogP contribution in [-0.2, 0) is 5.54 Å². The Morgan fingerprint density at radius 3 is 2.70 bits per heavy atom. The molecule has 0 aromatic heterocycles. The van der Waals surface area contributed by atoms with Crippen LogP contribution in [0.4, 0.5) is 11.4 Å². The molecule has 0 amide bonds. The van der Waals surface area contributed by atoms with Gasteiger partial charge in [-0.15, -0.1) is 0 Å². The van der Waals surface area contributed by atoms with Gasteiger partial charge in [-0.2, -0.15) is 0 Å². The average molecular weight is 326 g/mol. The van der Waals surface area contributed by atoms with Crippen molar-refractivity contribution in [3.05, 3.63) is 64.7 Å². The number of nitrogens with one attached hydrogen (secondary N) is 2. The molecule has 1 fully saturated rings. The smallest absolute Gasteiger partial charge is 0.0877 e. The maximum atomic E-state index is 6.31. The van der Waals surface area contributed by atoms with Crippen molar-refractivity contribution in [3.63, 3.8) is 0 Å². The SMILES string of the molecule is C=Cc1ccc(NC2(c3cccc(Cl)c3C)CNC2)cc1N=C. The molecule has 4 heteroatoms. The predicted octanol–water partition coefficient (Wildman–Crippen LogP) is 4.53. The third kappa shape index (κ3) is 2.78.